The largest absolute Gasteiger partial charge is 0.481 e. The molecule has 0 aliphatic carbocycles. The highest BCUT2D eigenvalue weighted by molar-refractivity contribution is 5.66. The van der Waals surface area contributed by atoms with E-state index in [0.29, 0.717) is 6.42 Å². The molecule has 1 N–H and O–H groups in total. The van der Waals surface area contributed by atoms with Crippen molar-refractivity contribution < 1.29 is 9.90 Å². The quantitative estimate of drug-likeness (QED) is 0.464. The summed E-state index contributed by atoms with van der Waals surface area (Å²) < 4.78 is 0. The van der Waals surface area contributed by atoms with E-state index in [0.717, 1.165) is 32.1 Å². The normalized spacial score (nSPS) is 10.8. The Morgan fingerprint density at radius 3 is 2.46 bits per heavy atom. The second-order valence-corrected chi connectivity index (χ2v) is 3.23. The van der Waals surface area contributed by atoms with Crippen LogP contribution < -0.4 is 0 Å². The van der Waals surface area contributed by atoms with Gasteiger partial charge in [0.1, 0.15) is 0 Å². The van der Waals surface area contributed by atoms with E-state index in [4.69, 9.17) is 5.11 Å². The lowest BCUT2D eigenvalue weighted by atomic mass is 10.1. The van der Waals surface area contributed by atoms with E-state index in [9.17, 15) is 4.79 Å². The number of aliphatic carboxylic acids is 1. The Balaban J connectivity index is 2.99. The smallest absolute Gasteiger partial charge is 0.303 e. The lowest BCUT2D eigenvalue weighted by Gasteiger charge is -1.96. The topological polar surface area (TPSA) is 37.3 Å². The maximum atomic E-state index is 10.2. The molecular weight excluding hydrogens is 164 g/mol. The van der Waals surface area contributed by atoms with E-state index < -0.39 is 5.97 Å². The first kappa shape index (κ1) is 12.2. The fourth-order valence-corrected chi connectivity index (χ4v) is 1.18. The van der Waals surface area contributed by atoms with Crippen LogP contribution in [0.2, 0.25) is 0 Å². The van der Waals surface area contributed by atoms with Crippen LogP contribution in [-0.4, -0.2) is 11.1 Å². The van der Waals surface area contributed by atoms with Crippen LogP contribution >= 0.6 is 0 Å². The molecule has 76 valence electrons. The molecule has 13 heavy (non-hydrogen) atoms. The van der Waals surface area contributed by atoms with E-state index in [1.165, 1.54) is 6.42 Å². The zero-order valence-electron chi connectivity index (χ0n) is 8.46. The fraction of sp³-hybridized carbons (Fsp3) is 0.727. The number of hydrogen-bond acceptors (Lipinski definition) is 1. The van der Waals surface area contributed by atoms with Crippen molar-refractivity contribution in [3.63, 3.8) is 0 Å². The van der Waals surface area contributed by atoms with Crippen LogP contribution in [-0.2, 0) is 4.79 Å². The molecule has 0 spiro atoms. The molecule has 0 aromatic rings. The Labute approximate surface area is 80.7 Å². The van der Waals surface area contributed by atoms with E-state index in [1.807, 2.05) is 0 Å². The van der Waals surface area contributed by atoms with Gasteiger partial charge < -0.3 is 5.11 Å². The molecule has 0 aromatic carbocycles. The van der Waals surface area contributed by atoms with Gasteiger partial charge in [0.25, 0.3) is 0 Å². The third-order valence-electron chi connectivity index (χ3n) is 1.91. The summed E-state index contributed by atoms with van der Waals surface area (Å²) in [5, 5.41) is 8.37. The summed E-state index contributed by atoms with van der Waals surface area (Å²) in [5.74, 6) is -0.675. The number of hydrogen-bond donors (Lipinski definition) is 1. The van der Waals surface area contributed by atoms with Crippen molar-refractivity contribution in [1.29, 1.82) is 0 Å². The first-order chi connectivity index (χ1) is 6.27. The first-order valence-electron chi connectivity index (χ1n) is 5.14. The highest BCUT2D eigenvalue weighted by atomic mass is 16.4. The van der Waals surface area contributed by atoms with Crippen LogP contribution in [0.15, 0.2) is 12.2 Å². The van der Waals surface area contributed by atoms with Gasteiger partial charge >= 0.3 is 5.97 Å². The van der Waals surface area contributed by atoms with Crippen LogP contribution in [0.1, 0.15) is 51.9 Å². The van der Waals surface area contributed by atoms with Crippen molar-refractivity contribution in [1.82, 2.24) is 0 Å². The van der Waals surface area contributed by atoms with Crippen LogP contribution in [0.3, 0.4) is 0 Å². The van der Waals surface area contributed by atoms with Gasteiger partial charge in [0.05, 0.1) is 0 Å². The number of carboxylic acid groups (broad SMARTS) is 1. The van der Waals surface area contributed by atoms with Gasteiger partial charge in [0.2, 0.25) is 0 Å². The molecule has 0 aliphatic heterocycles. The van der Waals surface area contributed by atoms with Gasteiger partial charge in [-0.25, -0.2) is 0 Å². The Kier molecular flexibility index (Phi) is 8.73. The third kappa shape index (κ3) is 11.2. The van der Waals surface area contributed by atoms with E-state index >= 15 is 0 Å². The van der Waals surface area contributed by atoms with E-state index in [2.05, 4.69) is 19.1 Å². The van der Waals surface area contributed by atoms with Crippen LogP contribution in [0.5, 0.6) is 0 Å². The lowest BCUT2D eigenvalue weighted by Crippen LogP contribution is -1.93. The van der Waals surface area contributed by atoms with Gasteiger partial charge in [-0.05, 0) is 25.7 Å². The molecule has 0 aliphatic rings. The van der Waals surface area contributed by atoms with Crippen molar-refractivity contribution in [3.8, 4) is 0 Å². The molecule has 0 radical (unpaired) electrons. The predicted molar refractivity (Wildman–Crippen MR) is 54.8 cm³/mol. The summed E-state index contributed by atoms with van der Waals surface area (Å²) in [5.41, 5.74) is 0. The molecule has 0 saturated heterocycles. The van der Waals surface area contributed by atoms with E-state index in [-0.39, 0.29) is 0 Å². The highest BCUT2D eigenvalue weighted by Crippen LogP contribution is 2.05. The summed E-state index contributed by atoms with van der Waals surface area (Å²) in [6.45, 7) is 2.13. The van der Waals surface area contributed by atoms with Crippen LogP contribution in [0.4, 0.5) is 0 Å². The van der Waals surface area contributed by atoms with Crippen molar-refractivity contribution in [2.45, 2.75) is 51.9 Å². The molecule has 0 heterocycles. The Bertz CT molecular complexity index is 150. The number of unbranched alkanes of at least 4 members (excludes halogenated alkanes) is 4. The number of rotatable bonds is 8. The fourth-order valence-electron chi connectivity index (χ4n) is 1.18. The summed E-state index contributed by atoms with van der Waals surface area (Å²) in [7, 11) is 0. The molecule has 0 unspecified atom stereocenters. The summed E-state index contributed by atoms with van der Waals surface area (Å²) in [6, 6.07) is 0. The molecular formula is C11H20O2. The van der Waals surface area contributed by atoms with Gasteiger partial charge in [-0.3, -0.25) is 4.79 Å². The minimum absolute atomic E-state index is 0.324. The molecule has 0 saturated carbocycles. The summed E-state index contributed by atoms with van der Waals surface area (Å²) in [6.07, 6.45) is 11.2. The Hall–Kier alpha value is -0.790. The number of carbonyl (C=O) groups is 1. The molecule has 0 fully saturated rings. The SMILES string of the molecule is CC/C=C\CCCCCCC(=O)O. The van der Waals surface area contributed by atoms with Crippen molar-refractivity contribution in [2.24, 2.45) is 0 Å². The molecule has 0 aromatic heterocycles. The second-order valence-electron chi connectivity index (χ2n) is 3.23. The Morgan fingerprint density at radius 2 is 1.85 bits per heavy atom. The third-order valence-corrected chi connectivity index (χ3v) is 1.91. The molecule has 0 rings (SSSR count). The first-order valence-corrected chi connectivity index (χ1v) is 5.14. The van der Waals surface area contributed by atoms with Crippen LogP contribution in [0.25, 0.3) is 0 Å². The average Bonchev–Trinajstić information content (AvgIpc) is 2.09. The van der Waals surface area contributed by atoms with Crippen molar-refractivity contribution >= 4 is 5.97 Å². The van der Waals surface area contributed by atoms with Gasteiger partial charge in [-0.2, -0.15) is 0 Å². The summed E-state index contributed by atoms with van der Waals surface area (Å²) >= 11 is 0. The molecule has 0 bridgehead atoms. The van der Waals surface area contributed by atoms with Gasteiger partial charge in [0, 0.05) is 6.42 Å². The number of carboxylic acids is 1. The second kappa shape index (κ2) is 9.30. The van der Waals surface area contributed by atoms with Gasteiger partial charge in [-0.1, -0.05) is 31.9 Å². The molecule has 0 amide bonds. The Morgan fingerprint density at radius 1 is 1.15 bits per heavy atom. The average molecular weight is 184 g/mol. The molecule has 2 heteroatoms. The summed E-state index contributed by atoms with van der Waals surface area (Å²) in [4.78, 5) is 10.2. The minimum Gasteiger partial charge on any atom is -0.481 e. The zero-order valence-corrected chi connectivity index (χ0v) is 8.46. The van der Waals surface area contributed by atoms with E-state index in [1.54, 1.807) is 0 Å². The van der Waals surface area contributed by atoms with Gasteiger partial charge in [-0.15, -0.1) is 0 Å². The minimum atomic E-state index is -0.675. The van der Waals surface area contributed by atoms with Crippen molar-refractivity contribution in [2.75, 3.05) is 0 Å². The predicted octanol–water partition coefficient (Wildman–Crippen LogP) is 3.38. The lowest BCUT2D eigenvalue weighted by molar-refractivity contribution is -0.137. The molecule has 2 nitrogen and oxygen atoms in total. The highest BCUT2D eigenvalue weighted by Gasteiger charge is 1.95. The zero-order chi connectivity index (χ0) is 9.94. The van der Waals surface area contributed by atoms with Crippen LogP contribution in [0, 0.1) is 0 Å². The van der Waals surface area contributed by atoms with Gasteiger partial charge in [0.15, 0.2) is 0 Å². The maximum Gasteiger partial charge on any atom is 0.303 e. The maximum absolute atomic E-state index is 10.2. The molecule has 0 atom stereocenters. The monoisotopic (exact) mass is 184 g/mol. The number of allylic oxidation sites excluding steroid dienone is 2. The standard InChI is InChI=1S/C11H20O2/c1-2-3-4-5-6-7-8-9-10-11(12)13/h3-4H,2,5-10H2,1H3,(H,12,13)/b4-3-. The van der Waals surface area contributed by atoms with Crippen molar-refractivity contribution in [3.05, 3.63) is 12.2 Å².